The average Bonchev–Trinajstić information content (AvgIpc) is 2.87. The number of fused-ring (bicyclic) bond motifs is 1. The van der Waals surface area contributed by atoms with Crippen molar-refractivity contribution in [1.29, 1.82) is 0 Å². The highest BCUT2D eigenvalue weighted by Gasteiger charge is 2.32. The van der Waals surface area contributed by atoms with E-state index in [9.17, 15) is 13.5 Å². The number of halogens is 1. The minimum absolute atomic E-state index is 0.216. The van der Waals surface area contributed by atoms with Crippen molar-refractivity contribution in [2.45, 2.75) is 16.7 Å². The summed E-state index contributed by atoms with van der Waals surface area (Å²) in [4.78, 5) is 0. The molecule has 4 nitrogen and oxygen atoms in total. The Morgan fingerprint density at radius 2 is 2.00 bits per heavy atom. The number of hydrogen-bond acceptors (Lipinski definition) is 4. The Hall–Kier alpha value is -1.08. The first-order valence-corrected chi connectivity index (χ1v) is 8.68. The first kappa shape index (κ1) is 13.9. The number of sulfonamides is 1. The van der Waals surface area contributed by atoms with Crippen LogP contribution in [0.2, 0.25) is 4.34 Å². The van der Waals surface area contributed by atoms with E-state index in [0.717, 1.165) is 11.3 Å². The normalized spacial score (nSPS) is 18.9. The van der Waals surface area contributed by atoms with E-state index < -0.39 is 16.1 Å². The van der Waals surface area contributed by atoms with E-state index in [0.29, 0.717) is 22.0 Å². The quantitative estimate of drug-likeness (QED) is 0.921. The fourth-order valence-corrected chi connectivity index (χ4v) is 5.41. The predicted molar refractivity (Wildman–Crippen MR) is 79.9 cm³/mol. The zero-order valence-corrected chi connectivity index (χ0v) is 12.7. The van der Waals surface area contributed by atoms with Crippen LogP contribution in [0.4, 0.5) is 5.69 Å². The van der Waals surface area contributed by atoms with Gasteiger partial charge in [-0.15, -0.1) is 11.3 Å². The van der Waals surface area contributed by atoms with Crippen LogP contribution in [0.25, 0.3) is 0 Å². The highest BCUT2D eigenvalue weighted by molar-refractivity contribution is 7.94. The van der Waals surface area contributed by atoms with Crippen molar-refractivity contribution in [1.82, 2.24) is 0 Å². The van der Waals surface area contributed by atoms with Crippen LogP contribution in [-0.4, -0.2) is 20.1 Å². The molecule has 2 aromatic rings. The Kier molecular flexibility index (Phi) is 3.50. The van der Waals surface area contributed by atoms with Gasteiger partial charge in [0, 0.05) is 12.1 Å². The van der Waals surface area contributed by atoms with Crippen molar-refractivity contribution in [3.63, 3.8) is 0 Å². The molecule has 106 valence electrons. The van der Waals surface area contributed by atoms with Gasteiger partial charge in [0.1, 0.15) is 4.21 Å². The second-order valence-electron chi connectivity index (χ2n) is 4.50. The molecule has 1 aliphatic rings. The van der Waals surface area contributed by atoms with E-state index >= 15 is 0 Å². The SMILES string of the molecule is O=S(=O)(c1ccc(Cl)s1)N1CCC(O)c2ccccc21. The number of thiophene rings is 1. The Labute approximate surface area is 126 Å². The molecule has 0 bridgehead atoms. The van der Waals surface area contributed by atoms with E-state index in [1.807, 2.05) is 0 Å². The van der Waals surface area contributed by atoms with Crippen molar-refractivity contribution in [2.24, 2.45) is 0 Å². The third kappa shape index (κ3) is 2.22. The smallest absolute Gasteiger partial charge is 0.273 e. The largest absolute Gasteiger partial charge is 0.388 e. The van der Waals surface area contributed by atoms with Crippen molar-refractivity contribution in [2.75, 3.05) is 10.8 Å². The maximum Gasteiger partial charge on any atom is 0.273 e. The standard InChI is InChI=1S/C13H12ClNO3S2/c14-12-5-6-13(19-12)20(17,18)15-8-7-11(16)9-3-1-2-4-10(9)15/h1-6,11,16H,7-8H2. The lowest BCUT2D eigenvalue weighted by atomic mass is 10.0. The number of para-hydroxylation sites is 1. The molecule has 1 atom stereocenters. The molecule has 2 heterocycles. The Balaban J connectivity index is 2.10. The molecule has 0 aliphatic carbocycles. The second kappa shape index (κ2) is 5.04. The summed E-state index contributed by atoms with van der Waals surface area (Å²) < 4.78 is 27.3. The lowest BCUT2D eigenvalue weighted by Crippen LogP contribution is -2.36. The highest BCUT2D eigenvalue weighted by atomic mass is 35.5. The molecule has 0 radical (unpaired) electrons. The molecule has 20 heavy (non-hydrogen) atoms. The molecule has 0 spiro atoms. The number of rotatable bonds is 2. The van der Waals surface area contributed by atoms with Crippen molar-refractivity contribution in [3.05, 3.63) is 46.3 Å². The molecule has 7 heteroatoms. The van der Waals surface area contributed by atoms with Crippen molar-refractivity contribution >= 4 is 38.6 Å². The summed E-state index contributed by atoms with van der Waals surface area (Å²) in [5.41, 5.74) is 1.18. The Bertz CT molecular complexity index is 742. The van der Waals surface area contributed by atoms with Crippen molar-refractivity contribution in [3.8, 4) is 0 Å². The van der Waals surface area contributed by atoms with Crippen LogP contribution in [0.1, 0.15) is 18.1 Å². The number of anilines is 1. The maximum absolute atomic E-state index is 12.7. The van der Waals surface area contributed by atoms with Crippen LogP contribution in [0.5, 0.6) is 0 Å². The molecule has 1 aromatic carbocycles. The summed E-state index contributed by atoms with van der Waals surface area (Å²) in [6, 6.07) is 10.1. The predicted octanol–water partition coefficient (Wildman–Crippen LogP) is 3.03. The van der Waals surface area contributed by atoms with Crippen molar-refractivity contribution < 1.29 is 13.5 Å². The van der Waals surface area contributed by atoms with Gasteiger partial charge in [0.15, 0.2) is 0 Å². The molecule has 0 saturated heterocycles. The van der Waals surface area contributed by atoms with E-state index in [1.165, 1.54) is 10.4 Å². The molecule has 0 saturated carbocycles. The third-order valence-corrected chi connectivity index (χ3v) is 6.77. The minimum Gasteiger partial charge on any atom is -0.388 e. The number of aliphatic hydroxyl groups excluding tert-OH is 1. The van der Waals surface area contributed by atoms with Gasteiger partial charge in [0.05, 0.1) is 16.1 Å². The van der Waals surface area contributed by atoms with Gasteiger partial charge in [-0.1, -0.05) is 29.8 Å². The van der Waals surface area contributed by atoms with Gasteiger partial charge in [-0.3, -0.25) is 4.31 Å². The van der Waals surface area contributed by atoms with Gasteiger partial charge >= 0.3 is 0 Å². The highest BCUT2D eigenvalue weighted by Crippen LogP contribution is 2.38. The van der Waals surface area contributed by atoms with Gasteiger partial charge in [-0.05, 0) is 24.6 Å². The van der Waals surface area contributed by atoms with Gasteiger partial charge in [-0.25, -0.2) is 8.42 Å². The van der Waals surface area contributed by atoms with E-state index in [2.05, 4.69) is 0 Å². The summed E-state index contributed by atoms with van der Waals surface area (Å²) in [5.74, 6) is 0. The van der Waals surface area contributed by atoms with E-state index in [-0.39, 0.29) is 10.8 Å². The summed E-state index contributed by atoms with van der Waals surface area (Å²) in [7, 11) is -3.62. The monoisotopic (exact) mass is 329 g/mol. The number of benzene rings is 1. The fourth-order valence-electron chi connectivity index (χ4n) is 2.31. The Morgan fingerprint density at radius 3 is 2.70 bits per heavy atom. The number of nitrogens with zero attached hydrogens (tertiary/aromatic N) is 1. The molecule has 1 aliphatic heterocycles. The molecule has 1 N–H and O–H groups in total. The number of aliphatic hydroxyl groups is 1. The van der Waals surface area contributed by atoms with E-state index in [1.54, 1.807) is 30.3 Å². The lowest BCUT2D eigenvalue weighted by Gasteiger charge is -2.32. The first-order valence-electron chi connectivity index (χ1n) is 6.05. The first-order chi connectivity index (χ1) is 9.50. The second-order valence-corrected chi connectivity index (χ2v) is 8.30. The van der Waals surface area contributed by atoms with Crippen LogP contribution in [0, 0.1) is 0 Å². The van der Waals surface area contributed by atoms with Gasteiger partial charge in [0.2, 0.25) is 0 Å². The molecule has 1 unspecified atom stereocenters. The Morgan fingerprint density at radius 1 is 1.25 bits per heavy atom. The van der Waals surface area contributed by atoms with Crippen LogP contribution in [0.3, 0.4) is 0 Å². The molecule has 0 fully saturated rings. The minimum atomic E-state index is -3.62. The van der Waals surface area contributed by atoms with Crippen LogP contribution in [0.15, 0.2) is 40.6 Å². The van der Waals surface area contributed by atoms with Gasteiger partial charge in [-0.2, -0.15) is 0 Å². The van der Waals surface area contributed by atoms with Gasteiger partial charge < -0.3 is 5.11 Å². The van der Waals surface area contributed by atoms with Crippen LogP contribution < -0.4 is 4.31 Å². The maximum atomic E-state index is 12.7. The van der Waals surface area contributed by atoms with E-state index in [4.69, 9.17) is 11.6 Å². The third-order valence-electron chi connectivity index (χ3n) is 3.26. The molecule has 3 rings (SSSR count). The zero-order valence-electron chi connectivity index (χ0n) is 10.4. The number of hydrogen-bond donors (Lipinski definition) is 1. The molecular formula is C13H12ClNO3S2. The summed E-state index contributed by atoms with van der Waals surface area (Å²) in [6.45, 7) is 0.260. The van der Waals surface area contributed by atoms with Crippen LogP contribution in [-0.2, 0) is 10.0 Å². The summed E-state index contributed by atoms with van der Waals surface area (Å²) in [5, 5.41) is 9.98. The fraction of sp³-hybridized carbons (Fsp3) is 0.231. The average molecular weight is 330 g/mol. The molecular weight excluding hydrogens is 318 g/mol. The topological polar surface area (TPSA) is 57.6 Å². The van der Waals surface area contributed by atoms with Gasteiger partial charge in [0.25, 0.3) is 10.0 Å². The molecule has 1 aromatic heterocycles. The lowest BCUT2D eigenvalue weighted by molar-refractivity contribution is 0.166. The zero-order chi connectivity index (χ0) is 14.3. The summed E-state index contributed by atoms with van der Waals surface area (Å²) >= 11 is 6.86. The molecule has 0 amide bonds. The van der Waals surface area contributed by atoms with Crippen LogP contribution >= 0.6 is 22.9 Å². The summed E-state index contributed by atoms with van der Waals surface area (Å²) in [6.07, 6.45) is -0.236.